The first kappa shape index (κ1) is 15.4. The molecule has 0 aromatic heterocycles. The van der Waals surface area contributed by atoms with Crippen LogP contribution in [0.4, 0.5) is 0 Å². The Morgan fingerprint density at radius 1 is 1.29 bits per heavy atom. The largest absolute Gasteiger partial charge is 0.497 e. The van der Waals surface area contributed by atoms with Crippen LogP contribution in [-0.2, 0) is 9.59 Å². The minimum absolute atomic E-state index is 0.0274. The van der Waals surface area contributed by atoms with Crippen LogP contribution in [0, 0.1) is 5.92 Å². The minimum Gasteiger partial charge on any atom is -0.497 e. The molecule has 2 N–H and O–H groups in total. The highest BCUT2D eigenvalue weighted by molar-refractivity contribution is 5.80. The summed E-state index contributed by atoms with van der Waals surface area (Å²) >= 11 is 0. The summed E-state index contributed by atoms with van der Waals surface area (Å²) in [6.07, 6.45) is 3.82. The van der Waals surface area contributed by atoms with E-state index in [1.807, 2.05) is 0 Å². The zero-order chi connectivity index (χ0) is 15.2. The molecule has 5 heteroatoms. The molecule has 1 amide bonds. The first-order valence-electron chi connectivity index (χ1n) is 7.26. The second-order valence-corrected chi connectivity index (χ2v) is 5.41. The third kappa shape index (κ3) is 4.21. The Labute approximate surface area is 124 Å². The van der Waals surface area contributed by atoms with Gasteiger partial charge in [-0.2, -0.15) is 0 Å². The fourth-order valence-electron chi connectivity index (χ4n) is 2.74. The van der Waals surface area contributed by atoms with Crippen molar-refractivity contribution in [3.05, 3.63) is 29.8 Å². The monoisotopic (exact) mass is 291 g/mol. The van der Waals surface area contributed by atoms with Crippen molar-refractivity contribution in [2.24, 2.45) is 5.92 Å². The van der Waals surface area contributed by atoms with Crippen LogP contribution < -0.4 is 10.1 Å². The van der Waals surface area contributed by atoms with Crippen molar-refractivity contribution in [1.29, 1.82) is 0 Å². The Morgan fingerprint density at radius 2 is 1.90 bits per heavy atom. The molecule has 21 heavy (non-hydrogen) atoms. The summed E-state index contributed by atoms with van der Waals surface area (Å²) in [5.41, 5.74) is 0.782. The Bertz CT molecular complexity index is 492. The lowest BCUT2D eigenvalue weighted by atomic mass is 10.0. The Balaban J connectivity index is 2.08. The summed E-state index contributed by atoms with van der Waals surface area (Å²) in [4.78, 5) is 23.2. The van der Waals surface area contributed by atoms with Gasteiger partial charge in [-0.3, -0.25) is 9.59 Å². The van der Waals surface area contributed by atoms with Gasteiger partial charge < -0.3 is 15.2 Å². The summed E-state index contributed by atoms with van der Waals surface area (Å²) in [5.74, 6) is -0.230. The van der Waals surface area contributed by atoms with Gasteiger partial charge >= 0.3 is 5.97 Å². The molecule has 1 unspecified atom stereocenters. The zero-order valence-electron chi connectivity index (χ0n) is 12.2. The number of benzene rings is 1. The van der Waals surface area contributed by atoms with Gasteiger partial charge in [0.15, 0.2) is 0 Å². The molecule has 1 atom stereocenters. The van der Waals surface area contributed by atoms with E-state index in [4.69, 9.17) is 9.84 Å². The quantitative estimate of drug-likeness (QED) is 0.844. The lowest BCUT2D eigenvalue weighted by molar-refractivity contribution is -0.137. The Morgan fingerprint density at radius 3 is 2.43 bits per heavy atom. The van der Waals surface area contributed by atoms with Crippen LogP contribution in [0.2, 0.25) is 0 Å². The highest BCUT2D eigenvalue weighted by Crippen LogP contribution is 2.27. The number of nitrogens with one attached hydrogen (secondary N) is 1. The number of hydrogen-bond donors (Lipinski definition) is 2. The normalized spacial score (nSPS) is 16.4. The molecule has 1 aromatic carbocycles. The topological polar surface area (TPSA) is 75.6 Å². The third-order valence-electron chi connectivity index (χ3n) is 3.94. The van der Waals surface area contributed by atoms with Gasteiger partial charge in [-0.15, -0.1) is 0 Å². The van der Waals surface area contributed by atoms with E-state index in [0.29, 0.717) is 5.75 Å². The second kappa shape index (κ2) is 7.11. The number of aliphatic carboxylic acids is 1. The molecule has 0 spiro atoms. The van der Waals surface area contributed by atoms with Crippen molar-refractivity contribution < 1.29 is 19.4 Å². The van der Waals surface area contributed by atoms with E-state index in [1.54, 1.807) is 31.4 Å². The predicted molar refractivity (Wildman–Crippen MR) is 78.1 cm³/mol. The number of carbonyl (C=O) groups excluding carboxylic acids is 1. The lowest BCUT2D eigenvalue weighted by Crippen LogP contribution is -2.34. The lowest BCUT2D eigenvalue weighted by Gasteiger charge is -2.20. The molecule has 1 fully saturated rings. The molecular weight excluding hydrogens is 270 g/mol. The maximum atomic E-state index is 12.2. The van der Waals surface area contributed by atoms with Crippen molar-refractivity contribution in [1.82, 2.24) is 5.32 Å². The van der Waals surface area contributed by atoms with Crippen LogP contribution in [-0.4, -0.2) is 24.1 Å². The maximum Gasteiger partial charge on any atom is 0.305 e. The van der Waals surface area contributed by atoms with E-state index in [9.17, 15) is 9.59 Å². The summed E-state index contributed by atoms with van der Waals surface area (Å²) in [7, 11) is 1.58. The molecule has 1 saturated carbocycles. The van der Waals surface area contributed by atoms with Crippen molar-refractivity contribution >= 4 is 11.9 Å². The van der Waals surface area contributed by atoms with Gasteiger partial charge in [0.05, 0.1) is 19.6 Å². The van der Waals surface area contributed by atoms with Gasteiger partial charge in [0.2, 0.25) is 5.91 Å². The van der Waals surface area contributed by atoms with Crippen LogP contribution >= 0.6 is 0 Å². The fourth-order valence-corrected chi connectivity index (χ4v) is 2.74. The van der Waals surface area contributed by atoms with Gasteiger partial charge in [0, 0.05) is 5.92 Å². The summed E-state index contributed by atoms with van der Waals surface area (Å²) < 4.78 is 5.09. The van der Waals surface area contributed by atoms with Gasteiger partial charge in [0.25, 0.3) is 0 Å². The number of methoxy groups -OCH3 is 1. The number of rotatable bonds is 6. The second-order valence-electron chi connectivity index (χ2n) is 5.41. The first-order chi connectivity index (χ1) is 10.1. The van der Waals surface area contributed by atoms with E-state index in [2.05, 4.69) is 5.32 Å². The van der Waals surface area contributed by atoms with Crippen LogP contribution in [0.3, 0.4) is 0 Å². The molecule has 1 aliphatic carbocycles. The molecule has 2 rings (SSSR count). The molecule has 114 valence electrons. The number of ether oxygens (including phenoxy) is 1. The third-order valence-corrected chi connectivity index (χ3v) is 3.94. The van der Waals surface area contributed by atoms with Crippen molar-refractivity contribution in [3.8, 4) is 5.75 Å². The van der Waals surface area contributed by atoms with Gasteiger partial charge in [-0.25, -0.2) is 0 Å². The van der Waals surface area contributed by atoms with Crippen LogP contribution in [0.25, 0.3) is 0 Å². The van der Waals surface area contributed by atoms with Crippen molar-refractivity contribution in [2.75, 3.05) is 7.11 Å². The van der Waals surface area contributed by atoms with Crippen molar-refractivity contribution in [3.63, 3.8) is 0 Å². The molecule has 0 saturated heterocycles. The molecule has 1 aliphatic rings. The number of hydrogen-bond acceptors (Lipinski definition) is 3. The molecule has 0 bridgehead atoms. The molecule has 1 aromatic rings. The fraction of sp³-hybridized carbons (Fsp3) is 0.500. The smallest absolute Gasteiger partial charge is 0.305 e. The van der Waals surface area contributed by atoms with E-state index in [0.717, 1.165) is 31.2 Å². The van der Waals surface area contributed by atoms with E-state index >= 15 is 0 Å². The highest BCUT2D eigenvalue weighted by atomic mass is 16.5. The molecule has 0 radical (unpaired) electrons. The average Bonchev–Trinajstić information content (AvgIpc) is 3.00. The number of carboxylic acids is 1. The SMILES string of the molecule is COc1ccc(C(CC(=O)O)NC(=O)C2CCCC2)cc1. The molecule has 5 nitrogen and oxygen atoms in total. The first-order valence-corrected chi connectivity index (χ1v) is 7.26. The number of carbonyl (C=O) groups is 2. The number of carboxylic acid groups (broad SMARTS) is 1. The van der Waals surface area contributed by atoms with Gasteiger partial charge in [-0.05, 0) is 30.5 Å². The maximum absolute atomic E-state index is 12.2. The van der Waals surface area contributed by atoms with Crippen LogP contribution in [0.5, 0.6) is 5.75 Å². The minimum atomic E-state index is -0.928. The van der Waals surface area contributed by atoms with E-state index in [1.165, 1.54) is 0 Å². The summed E-state index contributed by atoms with van der Waals surface area (Å²) in [6.45, 7) is 0. The standard InChI is InChI=1S/C16H21NO4/c1-21-13-8-6-11(7-9-13)14(10-15(18)19)17-16(20)12-4-2-3-5-12/h6-9,12,14H,2-5,10H2,1H3,(H,17,20)(H,18,19). The Kier molecular flexibility index (Phi) is 5.20. The zero-order valence-corrected chi connectivity index (χ0v) is 12.2. The molecule has 0 aliphatic heterocycles. The van der Waals surface area contributed by atoms with Crippen LogP contribution in [0.1, 0.15) is 43.7 Å². The average molecular weight is 291 g/mol. The molecule has 0 heterocycles. The summed E-state index contributed by atoms with van der Waals surface area (Å²) in [5, 5.41) is 11.9. The highest BCUT2D eigenvalue weighted by Gasteiger charge is 2.26. The van der Waals surface area contributed by atoms with Gasteiger partial charge in [-0.1, -0.05) is 25.0 Å². The van der Waals surface area contributed by atoms with E-state index in [-0.39, 0.29) is 18.2 Å². The van der Waals surface area contributed by atoms with Crippen LogP contribution in [0.15, 0.2) is 24.3 Å². The molecular formula is C16H21NO4. The Hall–Kier alpha value is -2.04. The predicted octanol–water partition coefficient (Wildman–Crippen LogP) is 2.52. The number of amides is 1. The van der Waals surface area contributed by atoms with E-state index < -0.39 is 12.0 Å². The van der Waals surface area contributed by atoms with Crippen molar-refractivity contribution in [2.45, 2.75) is 38.1 Å². The van der Waals surface area contributed by atoms with Gasteiger partial charge in [0.1, 0.15) is 5.75 Å². The summed E-state index contributed by atoms with van der Waals surface area (Å²) in [6, 6.07) is 6.63.